The molecule has 0 spiro atoms. The van der Waals surface area contributed by atoms with Crippen molar-refractivity contribution in [3.63, 3.8) is 0 Å². The van der Waals surface area contributed by atoms with E-state index < -0.39 is 10.0 Å². The van der Waals surface area contributed by atoms with E-state index in [0.717, 1.165) is 10.4 Å². The summed E-state index contributed by atoms with van der Waals surface area (Å²) in [7, 11) is -3.51. The van der Waals surface area contributed by atoms with E-state index in [9.17, 15) is 8.42 Å². The molecule has 0 radical (unpaired) electrons. The van der Waals surface area contributed by atoms with Crippen LogP contribution in [0.5, 0.6) is 0 Å². The molecule has 2 N–H and O–H groups in total. The first-order valence-corrected chi connectivity index (χ1v) is 8.76. The van der Waals surface area contributed by atoms with Gasteiger partial charge >= 0.3 is 0 Å². The van der Waals surface area contributed by atoms with Crippen LogP contribution >= 0.6 is 11.3 Å². The van der Waals surface area contributed by atoms with Gasteiger partial charge in [-0.2, -0.15) is 0 Å². The van der Waals surface area contributed by atoms with Crippen LogP contribution in [0.2, 0.25) is 0 Å². The van der Waals surface area contributed by atoms with Gasteiger partial charge in [-0.3, -0.25) is 0 Å². The highest BCUT2D eigenvalue weighted by Gasteiger charge is 2.18. The smallest absolute Gasteiger partial charge is 0.242 e. The summed E-state index contributed by atoms with van der Waals surface area (Å²) in [5.41, 5.74) is 1.74. The van der Waals surface area contributed by atoms with Crippen molar-refractivity contribution in [1.29, 1.82) is 0 Å². The number of hydrogen-bond donors (Lipinski definition) is 2. The van der Waals surface area contributed by atoms with Gasteiger partial charge in [-0.1, -0.05) is 12.1 Å². The normalized spacial score (nSPS) is 11.5. The third-order valence-electron chi connectivity index (χ3n) is 2.93. The lowest BCUT2D eigenvalue weighted by atomic mass is 10.3. The molecule has 108 valence electrons. The molecular formula is C14H18N2O2S2. The molecule has 6 heteroatoms. The molecule has 0 amide bonds. The second-order valence-corrected chi connectivity index (χ2v) is 7.11. The monoisotopic (exact) mass is 310 g/mol. The zero-order valence-electron chi connectivity index (χ0n) is 11.5. The highest BCUT2D eigenvalue weighted by molar-refractivity contribution is 7.89. The second kappa shape index (κ2) is 6.39. The number of aryl methyl sites for hydroxylation is 1. The molecule has 0 bridgehead atoms. The Morgan fingerprint density at radius 2 is 1.95 bits per heavy atom. The molecule has 4 nitrogen and oxygen atoms in total. The maximum atomic E-state index is 12.4. The Morgan fingerprint density at radius 3 is 2.60 bits per heavy atom. The number of thiophene rings is 1. The molecule has 0 saturated carbocycles. The van der Waals surface area contributed by atoms with Crippen molar-refractivity contribution in [3.8, 4) is 0 Å². The lowest BCUT2D eigenvalue weighted by molar-refractivity contribution is 0.582. The fourth-order valence-electron chi connectivity index (χ4n) is 1.86. The molecule has 0 aliphatic rings. The van der Waals surface area contributed by atoms with Crippen molar-refractivity contribution >= 4 is 27.0 Å². The fourth-order valence-corrected chi connectivity index (χ4v) is 3.98. The molecule has 1 aromatic heterocycles. The van der Waals surface area contributed by atoms with Crippen molar-refractivity contribution in [1.82, 2.24) is 4.72 Å². The minimum absolute atomic E-state index is 0.288. The quantitative estimate of drug-likeness (QED) is 0.862. The van der Waals surface area contributed by atoms with Crippen molar-refractivity contribution in [2.24, 2.45) is 0 Å². The molecule has 0 atom stereocenters. The van der Waals surface area contributed by atoms with Gasteiger partial charge in [0.15, 0.2) is 0 Å². The number of para-hydroxylation sites is 1. The van der Waals surface area contributed by atoms with Gasteiger partial charge in [-0.15, -0.1) is 11.3 Å². The molecule has 0 saturated heterocycles. The second-order valence-electron chi connectivity index (χ2n) is 4.38. The van der Waals surface area contributed by atoms with Crippen molar-refractivity contribution in [3.05, 3.63) is 46.2 Å². The van der Waals surface area contributed by atoms with Crippen LogP contribution in [0, 0.1) is 6.92 Å². The van der Waals surface area contributed by atoms with Crippen molar-refractivity contribution in [2.75, 3.05) is 11.9 Å². The van der Waals surface area contributed by atoms with Crippen molar-refractivity contribution in [2.45, 2.75) is 25.3 Å². The van der Waals surface area contributed by atoms with Crippen LogP contribution in [0.15, 0.2) is 40.6 Å². The summed E-state index contributed by atoms with van der Waals surface area (Å²) in [6.07, 6.45) is 0. The lowest BCUT2D eigenvalue weighted by Crippen LogP contribution is -2.24. The molecular weight excluding hydrogens is 292 g/mol. The zero-order valence-corrected chi connectivity index (χ0v) is 13.1. The minimum Gasteiger partial charge on any atom is -0.384 e. The van der Waals surface area contributed by atoms with Gasteiger partial charge in [0.1, 0.15) is 4.90 Å². The molecule has 2 rings (SSSR count). The van der Waals surface area contributed by atoms with E-state index in [4.69, 9.17) is 0 Å². The number of sulfonamides is 1. The van der Waals surface area contributed by atoms with Gasteiger partial charge in [0, 0.05) is 18.0 Å². The van der Waals surface area contributed by atoms with E-state index in [0.29, 0.717) is 18.8 Å². The van der Waals surface area contributed by atoms with E-state index in [1.165, 1.54) is 0 Å². The van der Waals surface area contributed by atoms with Gasteiger partial charge in [0.05, 0.1) is 5.69 Å². The number of benzene rings is 1. The summed E-state index contributed by atoms with van der Waals surface area (Å²) in [5.74, 6) is 0. The van der Waals surface area contributed by atoms with Crippen LogP contribution in [-0.4, -0.2) is 15.0 Å². The van der Waals surface area contributed by atoms with Crippen LogP contribution < -0.4 is 10.0 Å². The Labute approximate surface area is 123 Å². The van der Waals surface area contributed by atoms with E-state index in [-0.39, 0.29) is 4.90 Å². The van der Waals surface area contributed by atoms with E-state index >= 15 is 0 Å². The van der Waals surface area contributed by atoms with Crippen molar-refractivity contribution < 1.29 is 8.42 Å². The first-order valence-electron chi connectivity index (χ1n) is 6.40. The topological polar surface area (TPSA) is 58.2 Å². The van der Waals surface area contributed by atoms with Gasteiger partial charge in [-0.05, 0) is 43.0 Å². The number of rotatable bonds is 6. The predicted octanol–water partition coefficient (Wildman–Crippen LogP) is 2.97. The van der Waals surface area contributed by atoms with Crippen LogP contribution in [0.1, 0.15) is 17.4 Å². The third kappa shape index (κ3) is 3.39. The summed E-state index contributed by atoms with van der Waals surface area (Å²) in [5, 5.41) is 5.03. The molecule has 1 aromatic carbocycles. The Hall–Kier alpha value is -1.37. The van der Waals surface area contributed by atoms with E-state index in [2.05, 4.69) is 10.0 Å². The first-order chi connectivity index (χ1) is 9.54. The predicted molar refractivity (Wildman–Crippen MR) is 83.7 cm³/mol. The first kappa shape index (κ1) is 15.0. The van der Waals surface area contributed by atoms with E-state index in [1.54, 1.807) is 29.5 Å². The van der Waals surface area contributed by atoms with Crippen LogP contribution in [0.3, 0.4) is 0 Å². The maximum absolute atomic E-state index is 12.4. The summed E-state index contributed by atoms with van der Waals surface area (Å²) in [6.45, 7) is 4.92. The van der Waals surface area contributed by atoms with Crippen LogP contribution in [-0.2, 0) is 16.6 Å². The van der Waals surface area contributed by atoms with E-state index in [1.807, 2.05) is 31.4 Å². The Balaban J connectivity index is 2.20. The lowest BCUT2D eigenvalue weighted by Gasteiger charge is -2.12. The van der Waals surface area contributed by atoms with Crippen LogP contribution in [0.4, 0.5) is 5.69 Å². The Bertz CT molecular complexity index is 678. The molecule has 0 fully saturated rings. The van der Waals surface area contributed by atoms with Crippen LogP contribution in [0.25, 0.3) is 0 Å². The Kier molecular flexibility index (Phi) is 4.80. The molecule has 1 heterocycles. The summed E-state index contributed by atoms with van der Waals surface area (Å²) < 4.78 is 27.4. The summed E-state index contributed by atoms with van der Waals surface area (Å²) in [4.78, 5) is 1.32. The SMILES string of the molecule is CCNc1ccccc1S(=O)(=O)NCc1sccc1C. The maximum Gasteiger partial charge on any atom is 0.242 e. The zero-order chi connectivity index (χ0) is 14.6. The largest absolute Gasteiger partial charge is 0.384 e. The highest BCUT2D eigenvalue weighted by Crippen LogP contribution is 2.21. The highest BCUT2D eigenvalue weighted by atomic mass is 32.2. The average molecular weight is 310 g/mol. The summed E-state index contributed by atoms with van der Waals surface area (Å²) in [6, 6.07) is 8.92. The summed E-state index contributed by atoms with van der Waals surface area (Å²) >= 11 is 1.56. The van der Waals surface area contributed by atoms with Gasteiger partial charge < -0.3 is 5.32 Å². The standard InChI is InChI=1S/C14H18N2O2S2/c1-3-15-12-6-4-5-7-14(12)20(17,18)16-10-13-11(2)8-9-19-13/h4-9,15-16H,3,10H2,1-2H3. The number of hydrogen-bond acceptors (Lipinski definition) is 4. The number of nitrogens with one attached hydrogen (secondary N) is 2. The van der Waals surface area contributed by atoms with Gasteiger partial charge in [0.25, 0.3) is 0 Å². The molecule has 0 aliphatic carbocycles. The Morgan fingerprint density at radius 1 is 1.20 bits per heavy atom. The minimum atomic E-state index is -3.51. The molecule has 20 heavy (non-hydrogen) atoms. The number of anilines is 1. The molecule has 0 aliphatic heterocycles. The fraction of sp³-hybridized carbons (Fsp3) is 0.286. The average Bonchev–Trinajstić information content (AvgIpc) is 2.83. The third-order valence-corrected chi connectivity index (χ3v) is 5.42. The molecule has 2 aromatic rings. The van der Waals surface area contributed by atoms with Gasteiger partial charge in [-0.25, -0.2) is 13.1 Å². The molecule has 0 unspecified atom stereocenters. The van der Waals surface area contributed by atoms with Gasteiger partial charge in [0.2, 0.25) is 10.0 Å².